The molecule has 6 heteroatoms. The van der Waals surface area contributed by atoms with E-state index in [1.807, 2.05) is 12.1 Å². The summed E-state index contributed by atoms with van der Waals surface area (Å²) in [4.78, 5) is 0. The molecule has 0 fully saturated rings. The molecule has 0 saturated heterocycles. The van der Waals surface area contributed by atoms with Gasteiger partial charge in [0.2, 0.25) is 8.45 Å². The standard InChI is InChI=1S/C5H5N4OP/c1-10-11-8-4(2-6)5(3-7)9-11/h8-9H,1H3. The van der Waals surface area contributed by atoms with Crippen molar-refractivity contribution in [2.24, 2.45) is 0 Å². The fourth-order valence-electron chi connectivity index (χ4n) is 0.596. The number of nitrogens with one attached hydrogen (secondary N) is 2. The van der Waals surface area contributed by atoms with Gasteiger partial charge in [-0.3, -0.25) is 0 Å². The first-order valence-electron chi connectivity index (χ1n) is 2.74. The molecule has 0 aliphatic carbocycles. The Morgan fingerprint density at radius 3 is 2.00 bits per heavy atom. The minimum absolute atomic E-state index is 0.250. The molecular formula is C5H5N4OP. The molecule has 0 atom stereocenters. The molecule has 0 spiro atoms. The fourth-order valence-corrected chi connectivity index (χ4v) is 1.56. The van der Waals surface area contributed by atoms with Crippen LogP contribution in [-0.4, -0.2) is 7.11 Å². The third kappa shape index (κ3) is 1.40. The maximum Gasteiger partial charge on any atom is 0.243 e. The van der Waals surface area contributed by atoms with Crippen LogP contribution in [0.25, 0.3) is 0 Å². The average Bonchev–Trinajstić information content (AvgIpc) is 2.46. The van der Waals surface area contributed by atoms with Crippen LogP contribution >= 0.6 is 8.45 Å². The summed E-state index contributed by atoms with van der Waals surface area (Å²) in [6, 6.07) is 3.70. The lowest BCUT2D eigenvalue weighted by atomic mass is 10.4. The molecule has 5 nitrogen and oxygen atoms in total. The monoisotopic (exact) mass is 168 g/mol. The molecule has 0 aromatic rings. The van der Waals surface area contributed by atoms with Crippen LogP contribution in [0.1, 0.15) is 0 Å². The third-order valence-electron chi connectivity index (χ3n) is 1.08. The number of rotatable bonds is 1. The molecule has 56 valence electrons. The number of hydrogen-bond acceptors (Lipinski definition) is 5. The summed E-state index contributed by atoms with van der Waals surface area (Å²) < 4.78 is 4.87. The van der Waals surface area contributed by atoms with Gasteiger partial charge in [0.1, 0.15) is 12.1 Å². The molecule has 0 amide bonds. The van der Waals surface area contributed by atoms with E-state index in [-0.39, 0.29) is 11.4 Å². The van der Waals surface area contributed by atoms with E-state index in [2.05, 4.69) is 10.2 Å². The van der Waals surface area contributed by atoms with Crippen LogP contribution in [0.2, 0.25) is 0 Å². The first-order valence-corrected chi connectivity index (χ1v) is 3.99. The van der Waals surface area contributed by atoms with Gasteiger partial charge in [0.05, 0.1) is 0 Å². The van der Waals surface area contributed by atoms with E-state index in [1.165, 1.54) is 7.11 Å². The lowest BCUT2D eigenvalue weighted by molar-refractivity contribution is 0.453. The highest BCUT2D eigenvalue weighted by atomic mass is 31.2. The molecule has 11 heavy (non-hydrogen) atoms. The first-order chi connectivity index (χ1) is 5.31. The maximum absolute atomic E-state index is 8.47. The summed E-state index contributed by atoms with van der Waals surface area (Å²) in [6.45, 7) is 0. The van der Waals surface area contributed by atoms with Crippen molar-refractivity contribution in [1.29, 1.82) is 10.5 Å². The van der Waals surface area contributed by atoms with Crippen LogP contribution in [0.15, 0.2) is 11.4 Å². The van der Waals surface area contributed by atoms with E-state index in [0.717, 1.165) is 0 Å². The molecule has 1 heterocycles. The van der Waals surface area contributed by atoms with E-state index in [1.54, 1.807) is 0 Å². The topological polar surface area (TPSA) is 80.9 Å². The fraction of sp³-hybridized carbons (Fsp3) is 0.200. The Labute approximate surface area is 65.2 Å². The summed E-state index contributed by atoms with van der Waals surface area (Å²) in [5.41, 5.74) is 0.501. The predicted molar refractivity (Wildman–Crippen MR) is 38.5 cm³/mol. The highest BCUT2D eigenvalue weighted by Gasteiger charge is 2.22. The molecule has 1 rings (SSSR count). The zero-order valence-electron chi connectivity index (χ0n) is 5.75. The molecule has 0 saturated carbocycles. The number of nitriles is 2. The van der Waals surface area contributed by atoms with Crippen molar-refractivity contribution in [3.8, 4) is 12.1 Å². The van der Waals surface area contributed by atoms with Gasteiger partial charge in [0.15, 0.2) is 11.4 Å². The van der Waals surface area contributed by atoms with Gasteiger partial charge in [0.25, 0.3) is 0 Å². The summed E-state index contributed by atoms with van der Waals surface area (Å²) in [7, 11) is 0.449. The molecular weight excluding hydrogens is 163 g/mol. The van der Waals surface area contributed by atoms with Gasteiger partial charge >= 0.3 is 0 Å². The smallest absolute Gasteiger partial charge is 0.243 e. The Morgan fingerprint density at radius 1 is 1.27 bits per heavy atom. The Hall–Kier alpha value is -1.29. The quantitative estimate of drug-likeness (QED) is 0.550. The Kier molecular flexibility index (Phi) is 2.28. The van der Waals surface area contributed by atoms with E-state index in [9.17, 15) is 0 Å². The van der Waals surface area contributed by atoms with Crippen molar-refractivity contribution in [2.75, 3.05) is 7.11 Å². The third-order valence-corrected chi connectivity index (χ3v) is 2.30. The summed E-state index contributed by atoms with van der Waals surface area (Å²) in [5.74, 6) is 0. The van der Waals surface area contributed by atoms with Crippen molar-refractivity contribution in [1.82, 2.24) is 10.2 Å². The van der Waals surface area contributed by atoms with Crippen LogP contribution in [0.5, 0.6) is 0 Å². The Balaban J connectivity index is 2.76. The number of hydrogen-bond donors (Lipinski definition) is 2. The van der Waals surface area contributed by atoms with Crippen LogP contribution in [0, 0.1) is 22.7 Å². The molecule has 0 bridgehead atoms. The van der Waals surface area contributed by atoms with E-state index in [4.69, 9.17) is 15.0 Å². The van der Waals surface area contributed by atoms with Gasteiger partial charge in [-0.2, -0.15) is 10.5 Å². The van der Waals surface area contributed by atoms with Crippen molar-refractivity contribution in [3.63, 3.8) is 0 Å². The van der Waals surface area contributed by atoms with Gasteiger partial charge < -0.3 is 14.7 Å². The normalized spacial score (nSPS) is 16.6. The van der Waals surface area contributed by atoms with Crippen molar-refractivity contribution < 1.29 is 4.52 Å². The molecule has 0 unspecified atom stereocenters. The first kappa shape index (κ1) is 7.81. The second-order valence-corrected chi connectivity index (χ2v) is 3.08. The highest BCUT2D eigenvalue weighted by Crippen LogP contribution is 2.34. The predicted octanol–water partition coefficient (Wildman–Crippen LogP) is 0.311. The van der Waals surface area contributed by atoms with Gasteiger partial charge in [-0.15, -0.1) is 0 Å². The zero-order valence-corrected chi connectivity index (χ0v) is 6.64. The van der Waals surface area contributed by atoms with Crippen LogP contribution in [0.4, 0.5) is 0 Å². The second kappa shape index (κ2) is 3.21. The van der Waals surface area contributed by atoms with Crippen molar-refractivity contribution in [3.05, 3.63) is 11.4 Å². The number of nitrogens with zero attached hydrogens (tertiary/aromatic N) is 2. The summed E-state index contributed by atoms with van der Waals surface area (Å²) in [5, 5.41) is 22.4. The summed E-state index contributed by atoms with van der Waals surface area (Å²) >= 11 is 0. The zero-order chi connectivity index (χ0) is 8.27. The molecule has 1 aliphatic rings. The molecule has 0 aromatic carbocycles. The van der Waals surface area contributed by atoms with Crippen molar-refractivity contribution >= 4 is 8.45 Å². The highest BCUT2D eigenvalue weighted by molar-refractivity contribution is 7.48. The SMILES string of the molecule is COP1NC(C#N)=C(C#N)N1. The van der Waals surface area contributed by atoms with Crippen molar-refractivity contribution in [2.45, 2.75) is 0 Å². The molecule has 0 aromatic heterocycles. The van der Waals surface area contributed by atoms with E-state index >= 15 is 0 Å². The second-order valence-electron chi connectivity index (χ2n) is 1.67. The van der Waals surface area contributed by atoms with E-state index in [0.29, 0.717) is 0 Å². The lowest BCUT2D eigenvalue weighted by Crippen LogP contribution is -2.04. The van der Waals surface area contributed by atoms with Crippen LogP contribution < -0.4 is 10.2 Å². The van der Waals surface area contributed by atoms with Gasteiger partial charge in [-0.05, 0) is 0 Å². The number of allylic oxidation sites excluding steroid dienone is 2. The molecule has 0 radical (unpaired) electrons. The van der Waals surface area contributed by atoms with Gasteiger partial charge in [0, 0.05) is 7.11 Å². The lowest BCUT2D eigenvalue weighted by Gasteiger charge is -2.06. The Morgan fingerprint density at radius 2 is 1.73 bits per heavy atom. The largest absolute Gasteiger partial charge is 0.326 e. The van der Waals surface area contributed by atoms with Crippen LogP contribution in [-0.2, 0) is 4.52 Å². The molecule has 2 N–H and O–H groups in total. The van der Waals surface area contributed by atoms with E-state index < -0.39 is 8.45 Å². The molecule has 1 aliphatic heterocycles. The summed E-state index contributed by atoms with van der Waals surface area (Å²) in [6.07, 6.45) is 0. The maximum atomic E-state index is 8.47. The van der Waals surface area contributed by atoms with Gasteiger partial charge in [-0.1, -0.05) is 0 Å². The van der Waals surface area contributed by atoms with Crippen LogP contribution in [0.3, 0.4) is 0 Å². The average molecular weight is 168 g/mol. The Bertz CT molecular complexity index is 247. The minimum Gasteiger partial charge on any atom is -0.326 e. The minimum atomic E-state index is -1.05. The van der Waals surface area contributed by atoms with Gasteiger partial charge in [-0.25, -0.2) is 0 Å².